The van der Waals surface area contributed by atoms with Gasteiger partial charge < -0.3 is 0 Å². The molecule has 0 saturated heterocycles. The van der Waals surface area contributed by atoms with E-state index in [2.05, 4.69) is 25.6 Å². The number of hydrogen-bond acceptors (Lipinski definition) is 0. The third-order valence-electron chi connectivity index (χ3n) is 1.57. The first-order valence-electron chi connectivity index (χ1n) is 4.18. The maximum atomic E-state index is 4.67. The fourth-order valence-electron chi connectivity index (χ4n) is 0.934. The van der Waals surface area contributed by atoms with Crippen LogP contribution in [0.15, 0.2) is 11.5 Å². The van der Waals surface area contributed by atoms with Crippen molar-refractivity contribution in [2.75, 3.05) is 0 Å². The zero-order chi connectivity index (χ0) is 7.66. The summed E-state index contributed by atoms with van der Waals surface area (Å²) in [5.41, 5.74) is 0. The molecule has 0 aliphatic rings. The third-order valence-corrected chi connectivity index (χ3v) is 1.76. The lowest BCUT2D eigenvalue weighted by Crippen LogP contribution is -1.75. The maximum absolute atomic E-state index is 4.67. The summed E-state index contributed by atoms with van der Waals surface area (Å²) in [6, 6.07) is 0. The molecule has 59 valence electrons. The maximum Gasteiger partial charge on any atom is -0.00265 e. The Morgan fingerprint density at radius 3 is 2.40 bits per heavy atom. The molecule has 0 spiro atoms. The summed E-state index contributed by atoms with van der Waals surface area (Å²) in [6.45, 7) is 2.24. The van der Waals surface area contributed by atoms with Crippen molar-refractivity contribution >= 4 is 12.6 Å². The Morgan fingerprint density at radius 1 is 1.10 bits per heavy atom. The molecule has 0 N–H and O–H groups in total. The van der Waals surface area contributed by atoms with Crippen LogP contribution in [-0.4, -0.2) is 0 Å². The van der Waals surface area contributed by atoms with Crippen LogP contribution >= 0.6 is 12.6 Å². The van der Waals surface area contributed by atoms with Crippen molar-refractivity contribution in [1.82, 2.24) is 0 Å². The van der Waals surface area contributed by atoms with Crippen LogP contribution in [0.4, 0.5) is 0 Å². The van der Waals surface area contributed by atoms with Gasteiger partial charge in [0, 0.05) is 0 Å². The van der Waals surface area contributed by atoms with E-state index in [4.69, 9.17) is 0 Å². The lowest BCUT2D eigenvalue weighted by Gasteiger charge is -1.94. The summed E-state index contributed by atoms with van der Waals surface area (Å²) < 4.78 is 0. The van der Waals surface area contributed by atoms with E-state index in [1.807, 2.05) is 0 Å². The van der Waals surface area contributed by atoms with Gasteiger partial charge in [-0.1, -0.05) is 51.3 Å². The molecule has 0 saturated carbocycles. The largest absolute Gasteiger partial charge is 0.0891 e. The normalized spacial score (nSPS) is 10.9. The van der Waals surface area contributed by atoms with Crippen LogP contribution < -0.4 is 0 Å². The van der Waals surface area contributed by atoms with Crippen molar-refractivity contribution in [2.24, 2.45) is 0 Å². The molecule has 0 fully saturated rings. The average Bonchev–Trinajstić information content (AvgIpc) is 1.97. The topological polar surface area (TPSA) is 0 Å². The van der Waals surface area contributed by atoms with Gasteiger partial charge in [-0.3, -0.25) is 0 Å². The standard InChI is InChI=1S/C9H17S/c1-2-3-4-5-6-7-8-9-10/h8-9H,2-7H2,1H3/b9-8+. The fraction of sp³-hybridized carbons (Fsp3) is 0.778. The predicted molar refractivity (Wildman–Crippen MR) is 50.1 cm³/mol. The Kier molecular flexibility index (Phi) is 8.92. The monoisotopic (exact) mass is 157 g/mol. The van der Waals surface area contributed by atoms with E-state index in [-0.39, 0.29) is 0 Å². The quantitative estimate of drug-likeness (QED) is 0.510. The van der Waals surface area contributed by atoms with E-state index in [0.717, 1.165) is 0 Å². The zero-order valence-corrected chi connectivity index (χ0v) is 7.62. The van der Waals surface area contributed by atoms with Gasteiger partial charge in [-0.15, -0.1) is 0 Å². The SMILES string of the molecule is CCCCCCC/C=C/[S]. The van der Waals surface area contributed by atoms with Crippen molar-refractivity contribution in [3.05, 3.63) is 11.5 Å². The third kappa shape index (κ3) is 7.96. The molecule has 0 rings (SSSR count). The van der Waals surface area contributed by atoms with Gasteiger partial charge in [0.1, 0.15) is 0 Å². The van der Waals surface area contributed by atoms with Crippen LogP contribution in [0.3, 0.4) is 0 Å². The van der Waals surface area contributed by atoms with Gasteiger partial charge in [0.2, 0.25) is 0 Å². The molecule has 1 heteroatoms. The van der Waals surface area contributed by atoms with Crippen LogP contribution in [0, 0.1) is 0 Å². The summed E-state index contributed by atoms with van der Waals surface area (Å²) in [6.07, 6.45) is 10.0. The first kappa shape index (κ1) is 9.96. The van der Waals surface area contributed by atoms with Crippen molar-refractivity contribution in [1.29, 1.82) is 0 Å². The summed E-state index contributed by atoms with van der Waals surface area (Å²) >= 11 is 4.67. The molecular weight excluding hydrogens is 140 g/mol. The fourth-order valence-corrected chi connectivity index (χ4v) is 1.07. The Bertz CT molecular complexity index is 76.8. The smallest absolute Gasteiger partial charge is 0.00265 e. The van der Waals surface area contributed by atoms with Crippen LogP contribution in [0.25, 0.3) is 0 Å². The molecule has 10 heavy (non-hydrogen) atoms. The minimum absolute atomic E-state index is 1.17. The highest BCUT2D eigenvalue weighted by Gasteiger charge is 1.85. The molecule has 0 bridgehead atoms. The molecule has 0 aromatic rings. The molecule has 1 radical (unpaired) electrons. The van der Waals surface area contributed by atoms with Gasteiger partial charge in [-0.2, -0.15) is 0 Å². The molecule has 0 aliphatic heterocycles. The zero-order valence-electron chi connectivity index (χ0n) is 6.81. The highest BCUT2D eigenvalue weighted by Crippen LogP contribution is 2.05. The highest BCUT2D eigenvalue weighted by atomic mass is 32.1. The summed E-state index contributed by atoms with van der Waals surface area (Å²) in [5, 5.41) is 1.72. The summed E-state index contributed by atoms with van der Waals surface area (Å²) in [5.74, 6) is 0. The molecule has 0 unspecified atom stereocenters. The van der Waals surface area contributed by atoms with E-state index in [9.17, 15) is 0 Å². The van der Waals surface area contributed by atoms with E-state index < -0.39 is 0 Å². The Balaban J connectivity index is 2.77. The van der Waals surface area contributed by atoms with Gasteiger partial charge in [0.05, 0.1) is 0 Å². The minimum atomic E-state index is 1.17. The number of hydrogen-bond donors (Lipinski definition) is 0. The predicted octanol–water partition coefficient (Wildman–Crippen LogP) is 4.06. The molecule has 0 aromatic heterocycles. The molecular formula is C9H17S. The second-order valence-electron chi connectivity index (χ2n) is 2.57. The van der Waals surface area contributed by atoms with Crippen LogP contribution in [0.5, 0.6) is 0 Å². The first-order valence-corrected chi connectivity index (χ1v) is 4.66. The second-order valence-corrected chi connectivity index (χ2v) is 2.85. The number of unbranched alkanes of at least 4 members (excludes halogenated alkanes) is 5. The summed E-state index contributed by atoms with van der Waals surface area (Å²) in [7, 11) is 0. The molecule has 0 atom stereocenters. The molecule has 0 aliphatic carbocycles. The van der Waals surface area contributed by atoms with Gasteiger partial charge in [0.15, 0.2) is 0 Å². The lowest BCUT2D eigenvalue weighted by molar-refractivity contribution is 0.637. The van der Waals surface area contributed by atoms with Crippen LogP contribution in [-0.2, 0) is 0 Å². The lowest BCUT2D eigenvalue weighted by atomic mass is 10.1. The van der Waals surface area contributed by atoms with Crippen molar-refractivity contribution < 1.29 is 0 Å². The highest BCUT2D eigenvalue weighted by molar-refractivity contribution is 7.83. The van der Waals surface area contributed by atoms with Gasteiger partial charge in [-0.25, -0.2) is 0 Å². The molecule has 0 amide bonds. The molecule has 0 aromatic carbocycles. The van der Waals surface area contributed by atoms with Gasteiger partial charge >= 0.3 is 0 Å². The van der Waals surface area contributed by atoms with Gasteiger partial charge in [-0.05, 0) is 18.2 Å². The number of rotatable bonds is 6. The van der Waals surface area contributed by atoms with Crippen LogP contribution in [0.1, 0.15) is 45.4 Å². The first-order chi connectivity index (χ1) is 4.91. The van der Waals surface area contributed by atoms with Crippen LogP contribution in [0.2, 0.25) is 0 Å². The average molecular weight is 157 g/mol. The summed E-state index contributed by atoms with van der Waals surface area (Å²) in [4.78, 5) is 0. The van der Waals surface area contributed by atoms with Crippen molar-refractivity contribution in [3.63, 3.8) is 0 Å². The van der Waals surface area contributed by atoms with Gasteiger partial charge in [0.25, 0.3) is 0 Å². The molecule has 0 heterocycles. The van der Waals surface area contributed by atoms with E-state index >= 15 is 0 Å². The number of allylic oxidation sites excluding steroid dienone is 1. The van der Waals surface area contributed by atoms with Crippen molar-refractivity contribution in [3.8, 4) is 0 Å². The van der Waals surface area contributed by atoms with E-state index in [1.165, 1.54) is 38.5 Å². The Hall–Kier alpha value is -0.0400. The van der Waals surface area contributed by atoms with E-state index in [1.54, 1.807) is 5.41 Å². The Morgan fingerprint density at radius 2 is 1.80 bits per heavy atom. The minimum Gasteiger partial charge on any atom is -0.0891 e. The van der Waals surface area contributed by atoms with Crippen molar-refractivity contribution in [2.45, 2.75) is 45.4 Å². The second kappa shape index (κ2) is 8.96. The Labute approximate surface area is 70.1 Å². The molecule has 0 nitrogen and oxygen atoms in total. The van der Waals surface area contributed by atoms with E-state index in [0.29, 0.717) is 0 Å².